The van der Waals surface area contributed by atoms with E-state index in [2.05, 4.69) is 109 Å². The number of aromatic nitrogens is 1. The number of hydrogen-bond donors (Lipinski definition) is 0. The van der Waals surface area contributed by atoms with Crippen molar-refractivity contribution in [2.24, 2.45) is 9.98 Å². The van der Waals surface area contributed by atoms with Gasteiger partial charge < -0.3 is 4.98 Å². The summed E-state index contributed by atoms with van der Waals surface area (Å²) in [4.78, 5) is 13.9. The molecule has 0 spiro atoms. The monoisotopic (exact) mass is 570 g/mol. The maximum atomic E-state index is 4.65. The molecule has 1 heterocycles. The third kappa shape index (κ3) is 7.05. The van der Waals surface area contributed by atoms with Crippen molar-refractivity contribution < 1.29 is 11.3 Å². The van der Waals surface area contributed by atoms with Crippen molar-refractivity contribution in [2.75, 3.05) is 0 Å². The quantitative estimate of drug-likeness (QED) is 0.234. The van der Waals surface area contributed by atoms with Crippen molar-refractivity contribution in [1.29, 1.82) is 0 Å². The summed E-state index contributed by atoms with van der Waals surface area (Å²) in [5.74, 6) is 0. The van der Waals surface area contributed by atoms with Gasteiger partial charge in [-0.1, -0.05) is 47.5 Å². The minimum absolute atomic E-state index is 0.841. The molecule has 0 amide bonds. The zero-order valence-electron chi connectivity index (χ0n) is 18.1. The van der Waals surface area contributed by atoms with Crippen LogP contribution in [0.25, 0.3) is 0 Å². The second-order valence-corrected chi connectivity index (χ2v) is 12.9. The molecule has 1 aromatic heterocycles. The molecule has 0 radical (unpaired) electrons. The van der Waals surface area contributed by atoms with Gasteiger partial charge >= 0.3 is 39.6 Å². The van der Waals surface area contributed by atoms with Gasteiger partial charge in [0.25, 0.3) is 0 Å². The first kappa shape index (κ1) is 24.8. The summed E-state index contributed by atoms with van der Waals surface area (Å²) in [6, 6.07) is 12.6. The summed E-state index contributed by atoms with van der Waals surface area (Å²) in [6.07, 6.45) is 3.65. The van der Waals surface area contributed by atoms with Gasteiger partial charge in [-0.3, -0.25) is 9.98 Å². The fraction of sp³-hybridized carbons (Fsp3) is 0.250. The molecule has 0 aliphatic heterocycles. The van der Waals surface area contributed by atoms with Gasteiger partial charge in [0.1, 0.15) is 0 Å². The number of aryl methyl sites for hydroxylation is 6. The number of benzene rings is 2. The van der Waals surface area contributed by atoms with E-state index >= 15 is 0 Å². The summed E-state index contributed by atoms with van der Waals surface area (Å²) in [7, 11) is 0. The van der Waals surface area contributed by atoms with Crippen molar-refractivity contribution in [2.45, 2.75) is 41.5 Å². The fourth-order valence-electron chi connectivity index (χ4n) is 3.55. The van der Waals surface area contributed by atoms with E-state index in [0.717, 1.165) is 34.1 Å². The van der Waals surface area contributed by atoms with Crippen molar-refractivity contribution >= 4 is 52.0 Å². The van der Waals surface area contributed by atoms with Gasteiger partial charge in [-0.2, -0.15) is 0 Å². The molecule has 0 fully saturated rings. The first-order valence-corrected chi connectivity index (χ1v) is 14.9. The van der Waals surface area contributed by atoms with Crippen molar-refractivity contribution in [3.05, 3.63) is 81.2 Å². The Kier molecular flexibility index (Phi) is 9.76. The van der Waals surface area contributed by atoms with Crippen molar-refractivity contribution in [3.63, 3.8) is 0 Å². The van der Waals surface area contributed by atoms with Crippen LogP contribution in [-0.2, 0) is 11.3 Å². The molecule has 0 atom stereocenters. The summed E-state index contributed by atoms with van der Waals surface area (Å²) in [5.41, 5.74) is 11.0. The number of hydrogen-bond acceptors (Lipinski definition) is 2. The molecule has 0 saturated heterocycles. The molecule has 0 N–H and O–H groups in total. The van der Waals surface area contributed by atoms with Crippen LogP contribution in [0.1, 0.15) is 44.8 Å². The van der Waals surface area contributed by atoms with E-state index in [1.165, 1.54) is 33.4 Å². The van der Waals surface area contributed by atoms with E-state index in [0.29, 0.717) is 0 Å². The third-order valence-electron chi connectivity index (χ3n) is 4.61. The molecule has 3 nitrogen and oxygen atoms in total. The second kappa shape index (κ2) is 11.8. The Morgan fingerprint density at radius 3 is 1.27 bits per heavy atom. The minimum atomic E-state index is 0.841. The van der Waals surface area contributed by atoms with Gasteiger partial charge in [-0.25, -0.2) is 0 Å². The molecule has 30 heavy (non-hydrogen) atoms. The van der Waals surface area contributed by atoms with Gasteiger partial charge in [-0.15, -0.1) is 11.4 Å². The summed E-state index contributed by atoms with van der Waals surface area (Å²) < 4.78 is 0. The number of rotatable bonds is 4. The van der Waals surface area contributed by atoms with Gasteiger partial charge in [-0.05, 0) is 63.8 Å². The van der Waals surface area contributed by atoms with Crippen molar-refractivity contribution in [3.8, 4) is 0 Å². The molecule has 0 saturated carbocycles. The average molecular weight is 572 g/mol. The normalized spacial score (nSPS) is 11.2. The molecule has 159 valence electrons. The molecular weight excluding hydrogens is 546 g/mol. The van der Waals surface area contributed by atoms with E-state index in [1.54, 1.807) is 0 Å². The Morgan fingerprint density at radius 2 is 0.967 bits per heavy atom. The predicted octanol–water partition coefficient (Wildman–Crippen LogP) is 7.68. The molecule has 3 rings (SSSR count). The van der Waals surface area contributed by atoms with E-state index in [9.17, 15) is 0 Å². The SMILES string of the molecule is Cc1cc(C)c(N=Cc2ccc(C=Nc3c(C)cc(C)cc3C)[n-]2)c(C)c1.[Br][Fe+][Br]. The van der Waals surface area contributed by atoms with E-state index < -0.39 is 0 Å². The summed E-state index contributed by atoms with van der Waals surface area (Å²) >= 11 is 7.00. The molecule has 0 unspecified atom stereocenters. The number of halogens is 2. The Balaban J connectivity index is 0.00000101. The van der Waals surface area contributed by atoms with E-state index in [-0.39, 0.29) is 0 Å². The standard InChI is InChI=1S/C24H26N3.2BrH.Fe/c1-15-9-17(3)23(18(4)10-15)25-13-21-7-8-22(27-21)14-26-24-19(5)11-16(2)12-20(24)6;;;/h7-14H,1-6H3;2*1H;/q-1;;;+3/p-2. The number of aliphatic imine (C=N–C) groups is 2. The Morgan fingerprint density at radius 1 is 0.667 bits per heavy atom. The molecule has 0 bridgehead atoms. The van der Waals surface area contributed by atoms with Crippen LogP contribution in [0.4, 0.5) is 11.4 Å². The van der Waals surface area contributed by atoms with E-state index in [4.69, 9.17) is 0 Å². The zero-order chi connectivity index (χ0) is 22.3. The van der Waals surface area contributed by atoms with Gasteiger partial charge in [0.2, 0.25) is 0 Å². The average Bonchev–Trinajstić information content (AvgIpc) is 3.08. The maximum absolute atomic E-state index is 4.65. The first-order chi connectivity index (χ1) is 14.2. The molecule has 3 aromatic rings. The Hall–Kier alpha value is -1.46. The molecular formula is C24H26Br2FeN3. The fourth-order valence-corrected chi connectivity index (χ4v) is 3.55. The van der Waals surface area contributed by atoms with Crippen LogP contribution in [0.5, 0.6) is 0 Å². The van der Waals surface area contributed by atoms with Gasteiger partial charge in [0.05, 0.1) is 11.4 Å². The molecule has 0 aliphatic rings. The first-order valence-electron chi connectivity index (χ1n) is 9.48. The van der Waals surface area contributed by atoms with Crippen LogP contribution in [0.15, 0.2) is 46.4 Å². The number of nitrogens with zero attached hydrogens (tertiary/aromatic N) is 3. The van der Waals surface area contributed by atoms with Crippen molar-refractivity contribution in [1.82, 2.24) is 4.98 Å². The van der Waals surface area contributed by atoms with Crippen LogP contribution < -0.4 is 4.98 Å². The zero-order valence-corrected chi connectivity index (χ0v) is 22.3. The summed E-state index contributed by atoms with van der Waals surface area (Å²) in [5, 5.41) is 0. The van der Waals surface area contributed by atoms with Crippen LogP contribution in [0.3, 0.4) is 0 Å². The van der Waals surface area contributed by atoms with Crippen LogP contribution in [-0.4, -0.2) is 12.4 Å². The van der Waals surface area contributed by atoms with E-state index in [1.807, 2.05) is 24.6 Å². The van der Waals surface area contributed by atoms with Gasteiger partial charge in [0.15, 0.2) is 0 Å². The van der Waals surface area contributed by atoms with Crippen LogP contribution in [0, 0.1) is 41.5 Å². The predicted molar refractivity (Wildman–Crippen MR) is 133 cm³/mol. The van der Waals surface area contributed by atoms with Crippen LogP contribution >= 0.6 is 28.2 Å². The molecule has 0 aliphatic carbocycles. The Labute approximate surface area is 200 Å². The topological polar surface area (TPSA) is 38.8 Å². The Bertz CT molecular complexity index is 940. The second-order valence-electron chi connectivity index (χ2n) is 7.36. The molecule has 6 heteroatoms. The third-order valence-corrected chi connectivity index (χ3v) is 4.61. The molecule has 2 aromatic carbocycles. The summed E-state index contributed by atoms with van der Waals surface area (Å²) in [6.45, 7) is 12.6. The van der Waals surface area contributed by atoms with Crippen LogP contribution in [0.2, 0.25) is 0 Å². The van der Waals surface area contributed by atoms with Gasteiger partial charge in [0, 0.05) is 12.4 Å².